The molecule has 8 heteroatoms. The van der Waals surface area contributed by atoms with Gasteiger partial charge in [0.1, 0.15) is 0 Å². The Labute approximate surface area is 104 Å². The molecule has 0 aliphatic carbocycles. The van der Waals surface area contributed by atoms with E-state index in [1.807, 2.05) is 0 Å². The zero-order valence-electron chi connectivity index (χ0n) is 8.63. The molecule has 2 N–H and O–H groups in total. The average Bonchev–Trinajstić information content (AvgIpc) is 2.22. The quantitative estimate of drug-likeness (QED) is 0.363. The van der Waals surface area contributed by atoms with Crippen LogP contribution in [0.3, 0.4) is 0 Å². The minimum absolute atomic E-state index is 0.248. The van der Waals surface area contributed by atoms with Crippen molar-refractivity contribution in [3.8, 4) is 0 Å². The van der Waals surface area contributed by atoms with Gasteiger partial charge in [0.05, 0.1) is 6.61 Å². The molecular formula is C7H17O4PS3. The lowest BCUT2D eigenvalue weighted by Gasteiger charge is -2.12. The molecule has 0 radical (unpaired) electrons. The molecule has 0 aliphatic rings. The van der Waals surface area contributed by atoms with E-state index in [1.165, 1.54) is 7.11 Å². The molecule has 0 aromatic rings. The molecule has 0 saturated heterocycles. The molecule has 0 aromatic carbocycles. The van der Waals surface area contributed by atoms with Crippen molar-refractivity contribution in [2.45, 2.75) is 12.8 Å². The first-order valence-corrected chi connectivity index (χ1v) is 9.58. The van der Waals surface area contributed by atoms with Gasteiger partial charge >= 0.3 is 6.72 Å². The summed E-state index contributed by atoms with van der Waals surface area (Å²) in [6.45, 7) is -2.28. The first-order valence-electron chi connectivity index (χ1n) is 4.50. The maximum absolute atomic E-state index is 9.24. The van der Waals surface area contributed by atoms with Gasteiger partial charge in [-0.05, 0) is 24.6 Å². The van der Waals surface area contributed by atoms with E-state index in [-0.39, 0.29) is 6.61 Å². The summed E-state index contributed by atoms with van der Waals surface area (Å²) in [4.78, 5) is 9.24. The van der Waals surface area contributed by atoms with Gasteiger partial charge in [-0.15, -0.1) is 0 Å². The smallest absolute Gasteiger partial charge is 0.324 e. The molecule has 0 fully saturated rings. The molecule has 0 heterocycles. The molecule has 0 rings (SSSR count). The highest BCUT2D eigenvalue weighted by molar-refractivity contribution is 8.76. The first kappa shape index (κ1) is 16.2. The number of hydrogen-bond donors (Lipinski definition) is 2. The maximum atomic E-state index is 9.24. The van der Waals surface area contributed by atoms with Gasteiger partial charge in [-0.1, -0.05) is 21.6 Å². The lowest BCUT2D eigenvalue weighted by atomic mass is 10.5. The van der Waals surface area contributed by atoms with E-state index < -0.39 is 6.72 Å². The van der Waals surface area contributed by atoms with Gasteiger partial charge in [0.25, 0.3) is 0 Å². The van der Waals surface area contributed by atoms with Crippen molar-refractivity contribution in [2.75, 3.05) is 31.8 Å². The van der Waals surface area contributed by atoms with Crippen LogP contribution in [-0.4, -0.2) is 41.8 Å². The number of rotatable bonds is 10. The Morgan fingerprint density at radius 3 is 2.40 bits per heavy atom. The fourth-order valence-electron chi connectivity index (χ4n) is 0.592. The highest BCUT2D eigenvalue weighted by Gasteiger charge is 2.10. The van der Waals surface area contributed by atoms with Crippen LogP contribution in [0.5, 0.6) is 0 Å². The Bertz CT molecular complexity index is 193. The lowest BCUT2D eigenvalue weighted by Crippen LogP contribution is -1.95. The summed E-state index contributed by atoms with van der Waals surface area (Å²) < 4.78 is 9.62. The molecule has 0 aliphatic heterocycles. The summed E-state index contributed by atoms with van der Waals surface area (Å²) in [5.74, 6) is 1.90. The van der Waals surface area contributed by atoms with Crippen molar-refractivity contribution >= 4 is 40.1 Å². The zero-order chi connectivity index (χ0) is 11.6. The summed E-state index contributed by atoms with van der Waals surface area (Å²) in [5.41, 5.74) is 0. The minimum Gasteiger partial charge on any atom is -0.396 e. The molecule has 15 heavy (non-hydrogen) atoms. The van der Waals surface area contributed by atoms with E-state index in [0.717, 1.165) is 24.3 Å². The van der Waals surface area contributed by atoms with Crippen molar-refractivity contribution in [3.63, 3.8) is 0 Å². The second-order valence-electron chi connectivity index (χ2n) is 2.56. The van der Waals surface area contributed by atoms with Crippen LogP contribution in [-0.2, 0) is 20.9 Å². The molecule has 0 amide bonds. The molecule has 92 valence electrons. The van der Waals surface area contributed by atoms with Crippen LogP contribution in [0.1, 0.15) is 12.8 Å². The van der Waals surface area contributed by atoms with E-state index in [2.05, 4.69) is 16.3 Å². The number of aliphatic hydroxyl groups excluding tert-OH is 1. The first-order chi connectivity index (χ1) is 7.12. The van der Waals surface area contributed by atoms with Crippen molar-refractivity contribution < 1.29 is 19.0 Å². The van der Waals surface area contributed by atoms with Gasteiger partial charge in [-0.25, -0.2) is 0 Å². The molecule has 1 unspecified atom stereocenters. The minimum atomic E-state index is -2.96. The van der Waals surface area contributed by atoms with Crippen LogP contribution in [0.25, 0.3) is 0 Å². The molecular weight excluding hydrogens is 275 g/mol. The van der Waals surface area contributed by atoms with E-state index in [1.54, 1.807) is 21.6 Å². The predicted molar refractivity (Wildman–Crippen MR) is 70.7 cm³/mol. The second-order valence-corrected chi connectivity index (χ2v) is 8.21. The Morgan fingerprint density at radius 2 is 1.87 bits per heavy atom. The van der Waals surface area contributed by atoms with E-state index in [9.17, 15) is 4.89 Å². The largest absolute Gasteiger partial charge is 0.396 e. The third kappa shape index (κ3) is 11.5. The third-order valence-electron chi connectivity index (χ3n) is 1.33. The molecule has 0 aromatic heterocycles. The summed E-state index contributed by atoms with van der Waals surface area (Å²) in [6, 6.07) is 0. The Balaban J connectivity index is 3.15. The van der Waals surface area contributed by atoms with Gasteiger partial charge in [0.15, 0.2) is 0 Å². The molecule has 4 nitrogen and oxygen atoms in total. The summed E-state index contributed by atoms with van der Waals surface area (Å²) >= 11 is 4.66. The van der Waals surface area contributed by atoms with Gasteiger partial charge in [-0.2, -0.15) is 0 Å². The standard InChI is InChI=1S/C7H17O4PS3/c1-10-12(9,13)11-5-3-7-15-14-6-2-4-8/h8H,2-7H2,1H3,(H,9,13). The van der Waals surface area contributed by atoms with Crippen LogP contribution in [0.4, 0.5) is 0 Å². The van der Waals surface area contributed by atoms with Crippen LogP contribution < -0.4 is 0 Å². The molecule has 0 bridgehead atoms. The van der Waals surface area contributed by atoms with Crippen molar-refractivity contribution in [3.05, 3.63) is 0 Å². The highest BCUT2D eigenvalue weighted by atomic mass is 33.1. The lowest BCUT2D eigenvalue weighted by molar-refractivity contribution is 0.226. The van der Waals surface area contributed by atoms with Crippen molar-refractivity contribution in [1.82, 2.24) is 0 Å². The SMILES string of the molecule is COP(O)(=S)OCCCSSCCCO. The van der Waals surface area contributed by atoms with E-state index in [0.29, 0.717) is 6.61 Å². The fourth-order valence-corrected chi connectivity index (χ4v) is 3.41. The molecule has 0 saturated carbocycles. The Kier molecular flexibility index (Phi) is 11.2. The van der Waals surface area contributed by atoms with Gasteiger partial charge < -0.3 is 19.0 Å². The fraction of sp³-hybridized carbons (Fsp3) is 1.00. The third-order valence-corrected chi connectivity index (χ3v) is 5.64. The Hall–Kier alpha value is 1.19. The number of hydrogen-bond acceptors (Lipinski definition) is 6. The predicted octanol–water partition coefficient (Wildman–Crippen LogP) is 2.02. The average molecular weight is 292 g/mol. The van der Waals surface area contributed by atoms with Crippen LogP contribution in [0.15, 0.2) is 0 Å². The topological polar surface area (TPSA) is 58.9 Å². The molecule has 0 spiro atoms. The summed E-state index contributed by atoms with van der Waals surface area (Å²) in [5, 5.41) is 8.53. The summed E-state index contributed by atoms with van der Waals surface area (Å²) in [7, 11) is 4.81. The van der Waals surface area contributed by atoms with Crippen LogP contribution >= 0.6 is 28.3 Å². The van der Waals surface area contributed by atoms with Crippen LogP contribution in [0, 0.1) is 0 Å². The van der Waals surface area contributed by atoms with Crippen molar-refractivity contribution in [1.29, 1.82) is 0 Å². The monoisotopic (exact) mass is 292 g/mol. The van der Waals surface area contributed by atoms with E-state index in [4.69, 9.17) is 9.63 Å². The summed E-state index contributed by atoms with van der Waals surface area (Å²) in [6.07, 6.45) is 1.66. The number of aliphatic hydroxyl groups is 1. The normalized spacial score (nSPS) is 15.1. The maximum Gasteiger partial charge on any atom is 0.324 e. The van der Waals surface area contributed by atoms with Gasteiger partial charge in [0.2, 0.25) is 0 Å². The second kappa shape index (κ2) is 10.4. The van der Waals surface area contributed by atoms with E-state index >= 15 is 0 Å². The zero-order valence-corrected chi connectivity index (χ0v) is 12.0. The van der Waals surface area contributed by atoms with Crippen LogP contribution in [0.2, 0.25) is 0 Å². The van der Waals surface area contributed by atoms with Gasteiger partial charge in [-0.3, -0.25) is 0 Å². The van der Waals surface area contributed by atoms with Gasteiger partial charge in [0, 0.05) is 25.2 Å². The highest BCUT2D eigenvalue weighted by Crippen LogP contribution is 2.42. The Morgan fingerprint density at radius 1 is 1.27 bits per heavy atom. The van der Waals surface area contributed by atoms with Crippen molar-refractivity contribution in [2.24, 2.45) is 0 Å². The molecule has 1 atom stereocenters.